The summed E-state index contributed by atoms with van der Waals surface area (Å²) in [5.74, 6) is 0.547. The predicted octanol–water partition coefficient (Wildman–Crippen LogP) is 5.05. The summed E-state index contributed by atoms with van der Waals surface area (Å²) in [4.78, 5) is 25.6. The zero-order chi connectivity index (χ0) is 24.5. The van der Waals surface area contributed by atoms with Gasteiger partial charge in [0.1, 0.15) is 5.75 Å². The van der Waals surface area contributed by atoms with Gasteiger partial charge in [0.25, 0.3) is 5.91 Å². The number of carbonyl (C=O) groups excluding carboxylic acids is 2. The first-order chi connectivity index (χ1) is 17.1. The molecular formula is C30H34N2O3. The van der Waals surface area contributed by atoms with Gasteiger partial charge in [0.05, 0.1) is 12.7 Å². The lowest BCUT2D eigenvalue weighted by atomic mass is 9.68. The molecule has 1 aliphatic rings. The van der Waals surface area contributed by atoms with E-state index in [1.54, 1.807) is 19.2 Å². The zero-order valence-electron chi connectivity index (χ0n) is 20.3. The molecule has 0 heterocycles. The molecule has 1 saturated carbocycles. The summed E-state index contributed by atoms with van der Waals surface area (Å²) in [7, 11) is 1.58. The minimum atomic E-state index is -0.162. The highest BCUT2D eigenvalue weighted by Gasteiger charge is 2.37. The third-order valence-electron chi connectivity index (χ3n) is 7.12. The van der Waals surface area contributed by atoms with Crippen LogP contribution in [-0.4, -0.2) is 31.5 Å². The Kier molecular flexibility index (Phi) is 8.19. The second-order valence-electron chi connectivity index (χ2n) is 9.36. The van der Waals surface area contributed by atoms with Gasteiger partial charge in [0, 0.05) is 24.4 Å². The van der Waals surface area contributed by atoms with Gasteiger partial charge in [-0.15, -0.1) is 0 Å². The van der Waals surface area contributed by atoms with Crippen LogP contribution in [0.2, 0.25) is 0 Å². The van der Waals surface area contributed by atoms with Crippen LogP contribution >= 0.6 is 0 Å². The maximum absolute atomic E-state index is 13.0. The van der Waals surface area contributed by atoms with Crippen molar-refractivity contribution in [1.29, 1.82) is 0 Å². The average Bonchev–Trinajstić information content (AvgIpc) is 2.92. The molecule has 2 amide bonds. The maximum atomic E-state index is 13.0. The van der Waals surface area contributed by atoms with Crippen molar-refractivity contribution in [1.82, 2.24) is 10.6 Å². The van der Waals surface area contributed by atoms with Crippen LogP contribution in [0.15, 0.2) is 84.9 Å². The van der Waals surface area contributed by atoms with Crippen LogP contribution in [-0.2, 0) is 16.6 Å². The van der Waals surface area contributed by atoms with Crippen LogP contribution in [0.3, 0.4) is 0 Å². The third-order valence-corrected chi connectivity index (χ3v) is 7.12. The number of hydrogen-bond acceptors (Lipinski definition) is 3. The molecule has 0 spiro atoms. The SMILES string of the molecule is COc1ccccc1C(=O)NCC1(c2ccccc2)CCC(NC(=O)CCc2ccccc2)CC1. The quantitative estimate of drug-likeness (QED) is 0.460. The van der Waals surface area contributed by atoms with Gasteiger partial charge in [0.2, 0.25) is 5.91 Å². The van der Waals surface area contributed by atoms with Crippen molar-refractivity contribution in [2.24, 2.45) is 0 Å². The summed E-state index contributed by atoms with van der Waals surface area (Å²) in [5, 5.41) is 6.41. The molecule has 35 heavy (non-hydrogen) atoms. The number of amides is 2. The van der Waals surface area contributed by atoms with E-state index in [1.165, 1.54) is 11.1 Å². The van der Waals surface area contributed by atoms with Crippen LogP contribution < -0.4 is 15.4 Å². The monoisotopic (exact) mass is 470 g/mol. The molecule has 182 valence electrons. The number of methoxy groups -OCH3 is 1. The molecule has 5 nitrogen and oxygen atoms in total. The van der Waals surface area contributed by atoms with Gasteiger partial charge in [-0.1, -0.05) is 72.8 Å². The largest absolute Gasteiger partial charge is 0.496 e. The van der Waals surface area contributed by atoms with Crippen molar-refractivity contribution in [3.8, 4) is 5.75 Å². The van der Waals surface area contributed by atoms with E-state index < -0.39 is 0 Å². The number of aryl methyl sites for hydroxylation is 1. The molecule has 0 bridgehead atoms. The fourth-order valence-electron chi connectivity index (χ4n) is 5.05. The molecular weight excluding hydrogens is 436 g/mol. The van der Waals surface area contributed by atoms with E-state index >= 15 is 0 Å². The van der Waals surface area contributed by atoms with E-state index in [9.17, 15) is 9.59 Å². The van der Waals surface area contributed by atoms with Crippen LogP contribution in [0.5, 0.6) is 5.75 Å². The molecule has 0 unspecified atom stereocenters. The van der Waals surface area contributed by atoms with E-state index in [4.69, 9.17) is 4.74 Å². The van der Waals surface area contributed by atoms with Crippen molar-refractivity contribution in [2.45, 2.75) is 50.0 Å². The van der Waals surface area contributed by atoms with Crippen LogP contribution in [0, 0.1) is 0 Å². The molecule has 0 atom stereocenters. The lowest BCUT2D eigenvalue weighted by Gasteiger charge is -2.41. The smallest absolute Gasteiger partial charge is 0.255 e. The number of hydrogen-bond donors (Lipinski definition) is 2. The molecule has 0 radical (unpaired) electrons. The Morgan fingerprint density at radius 3 is 2.20 bits per heavy atom. The van der Waals surface area contributed by atoms with Gasteiger partial charge in [-0.2, -0.15) is 0 Å². The van der Waals surface area contributed by atoms with Gasteiger partial charge in [-0.05, 0) is 55.4 Å². The number of rotatable bonds is 9. The summed E-state index contributed by atoms with van der Waals surface area (Å²) in [6, 6.07) is 28.0. The average molecular weight is 471 g/mol. The first-order valence-corrected chi connectivity index (χ1v) is 12.4. The zero-order valence-corrected chi connectivity index (χ0v) is 20.3. The van der Waals surface area contributed by atoms with Crippen molar-refractivity contribution in [3.05, 3.63) is 102 Å². The molecule has 4 rings (SSSR count). The highest BCUT2D eigenvalue weighted by molar-refractivity contribution is 5.97. The Balaban J connectivity index is 1.37. The number of para-hydroxylation sites is 1. The fraction of sp³-hybridized carbons (Fsp3) is 0.333. The lowest BCUT2D eigenvalue weighted by Crippen LogP contribution is -2.47. The van der Waals surface area contributed by atoms with E-state index in [0.29, 0.717) is 24.3 Å². The summed E-state index contributed by atoms with van der Waals surface area (Å²) in [6.07, 6.45) is 4.81. The second kappa shape index (κ2) is 11.7. The molecule has 0 saturated heterocycles. The van der Waals surface area contributed by atoms with Crippen LogP contribution in [0.4, 0.5) is 0 Å². The van der Waals surface area contributed by atoms with Gasteiger partial charge in [-0.3, -0.25) is 9.59 Å². The van der Waals surface area contributed by atoms with Crippen LogP contribution in [0.1, 0.15) is 53.6 Å². The third kappa shape index (κ3) is 6.30. The number of benzene rings is 3. The fourth-order valence-corrected chi connectivity index (χ4v) is 5.05. The van der Waals surface area contributed by atoms with Gasteiger partial charge >= 0.3 is 0 Å². The van der Waals surface area contributed by atoms with Gasteiger partial charge in [-0.25, -0.2) is 0 Å². The highest BCUT2D eigenvalue weighted by atomic mass is 16.5. The molecule has 5 heteroatoms. The summed E-state index contributed by atoms with van der Waals surface area (Å²) in [5.41, 5.74) is 2.79. The molecule has 1 fully saturated rings. The Hall–Kier alpha value is -3.60. The predicted molar refractivity (Wildman–Crippen MR) is 139 cm³/mol. The Morgan fingerprint density at radius 1 is 0.886 bits per heavy atom. The van der Waals surface area contributed by atoms with E-state index in [0.717, 1.165) is 32.1 Å². The summed E-state index contributed by atoms with van der Waals surface area (Å²) in [6.45, 7) is 0.544. The molecule has 0 aromatic heterocycles. The Labute approximate surface area is 207 Å². The topological polar surface area (TPSA) is 67.4 Å². The van der Waals surface area contributed by atoms with E-state index in [-0.39, 0.29) is 23.3 Å². The van der Waals surface area contributed by atoms with Crippen molar-refractivity contribution in [3.63, 3.8) is 0 Å². The lowest BCUT2D eigenvalue weighted by molar-refractivity contribution is -0.122. The van der Waals surface area contributed by atoms with Crippen LogP contribution in [0.25, 0.3) is 0 Å². The number of carbonyl (C=O) groups is 2. The minimum Gasteiger partial charge on any atom is -0.496 e. The molecule has 0 aliphatic heterocycles. The molecule has 2 N–H and O–H groups in total. The van der Waals surface area contributed by atoms with E-state index in [1.807, 2.05) is 36.4 Å². The van der Waals surface area contributed by atoms with Crippen molar-refractivity contribution >= 4 is 11.8 Å². The standard InChI is InChI=1S/C30H34N2O3/c1-35-27-15-9-8-14-26(27)29(34)31-22-30(24-12-6-3-7-13-24)20-18-25(19-21-30)32-28(33)17-16-23-10-4-2-5-11-23/h2-15,25H,16-22H2,1H3,(H,31,34)(H,32,33). The highest BCUT2D eigenvalue weighted by Crippen LogP contribution is 2.39. The number of nitrogens with one attached hydrogen (secondary N) is 2. The Morgan fingerprint density at radius 2 is 1.51 bits per heavy atom. The van der Waals surface area contributed by atoms with Gasteiger partial charge in [0.15, 0.2) is 0 Å². The minimum absolute atomic E-state index is 0.107. The molecule has 3 aromatic rings. The first kappa shape index (κ1) is 24.5. The summed E-state index contributed by atoms with van der Waals surface area (Å²) < 4.78 is 5.37. The van der Waals surface area contributed by atoms with Crippen molar-refractivity contribution < 1.29 is 14.3 Å². The molecule has 1 aliphatic carbocycles. The maximum Gasteiger partial charge on any atom is 0.255 e. The second-order valence-corrected chi connectivity index (χ2v) is 9.36. The van der Waals surface area contributed by atoms with Gasteiger partial charge < -0.3 is 15.4 Å². The normalized spacial score (nSPS) is 19.5. The summed E-state index contributed by atoms with van der Waals surface area (Å²) >= 11 is 0. The molecule has 3 aromatic carbocycles. The Bertz CT molecular complexity index is 1110. The first-order valence-electron chi connectivity index (χ1n) is 12.4. The number of ether oxygens (including phenoxy) is 1. The van der Waals surface area contributed by atoms with Crippen molar-refractivity contribution in [2.75, 3.05) is 13.7 Å². The van der Waals surface area contributed by atoms with E-state index in [2.05, 4.69) is 47.0 Å².